The molecule has 20 rings (SSSR count). The van der Waals surface area contributed by atoms with Gasteiger partial charge in [0.05, 0.1) is 44.3 Å². The Labute approximate surface area is 651 Å². The second-order valence-corrected chi connectivity index (χ2v) is 28.0. The molecule has 12 heteroatoms. The Bertz CT molecular complexity index is 7910. The third kappa shape index (κ3) is 11.7. The van der Waals surface area contributed by atoms with Crippen molar-refractivity contribution in [2.24, 2.45) is 28.2 Å². The smallest absolute Gasteiger partial charge is 0.227 e. The van der Waals surface area contributed by atoms with Gasteiger partial charge in [0.25, 0.3) is 0 Å². The first-order valence-corrected chi connectivity index (χ1v) is 35.4. The molecule has 0 saturated heterocycles. The van der Waals surface area contributed by atoms with Crippen LogP contribution in [0.25, 0.3) is 177 Å². The number of fused-ring (bicyclic) bond motifs is 16. The number of hydrogen-bond donors (Lipinski definition) is 0. The lowest BCUT2D eigenvalue weighted by Gasteiger charge is -2.09. The van der Waals surface area contributed by atoms with E-state index in [0.29, 0.717) is 111 Å². The van der Waals surface area contributed by atoms with Crippen molar-refractivity contribution in [1.29, 1.82) is 0 Å². The van der Waals surface area contributed by atoms with Crippen LogP contribution in [0.5, 0.6) is 0 Å². The predicted molar refractivity (Wildman–Crippen MR) is 439 cm³/mol. The SMILES string of the molecule is [2H]C([2H])([2H])c1c[n+](C)c(-c2c(C)cc(C([2H])([2H])[2H])c3c2oc2nc4ccccc4cc23)cc1C.[2H]C([2H])([2H])c1cc(C)c(-c2cc(C)cc[n+]2C)c2oc3nc4ccccc4cc3c12.[2H]C([2H])([2H])c1cc(C)c(-c2cccc[n+]2C)c2oc3nc4ccccc4cc3c12.[2H]C([2H])([2H])c1ccc(-c2c(C)cc(C([2H])([2H])[2H])c3c2oc2nc4ccccc4cc23)[n+](C)c1. The molecule has 12 nitrogen and oxygen atoms in total. The molecule has 8 aromatic carbocycles. The van der Waals surface area contributed by atoms with Gasteiger partial charge in [-0.2, -0.15) is 0 Å². The molecule has 0 unspecified atom stereocenters. The van der Waals surface area contributed by atoms with E-state index in [9.17, 15) is 0 Å². The summed E-state index contributed by atoms with van der Waals surface area (Å²) >= 11 is 0. The van der Waals surface area contributed by atoms with Crippen LogP contribution in [0, 0.1) is 82.7 Å². The van der Waals surface area contributed by atoms with Crippen molar-refractivity contribution in [3.63, 3.8) is 0 Å². The summed E-state index contributed by atoms with van der Waals surface area (Å²) in [6, 6.07) is 60.6. The van der Waals surface area contributed by atoms with E-state index in [4.69, 9.17) is 42.3 Å². The van der Waals surface area contributed by atoms with E-state index in [-0.39, 0.29) is 22.3 Å². The Balaban J connectivity index is 0.000000119. The van der Waals surface area contributed by atoms with Gasteiger partial charge in [-0.15, -0.1) is 0 Å². The van der Waals surface area contributed by atoms with Crippen LogP contribution in [0.1, 0.15) is 91.4 Å². The Morgan fingerprint density at radius 3 is 0.981 bits per heavy atom. The molecule has 12 heterocycles. The van der Waals surface area contributed by atoms with Gasteiger partial charge in [0.1, 0.15) is 28.2 Å². The number of furan rings is 4. The first kappa shape index (κ1) is 50.6. The van der Waals surface area contributed by atoms with E-state index in [1.54, 1.807) is 78.9 Å². The Kier molecular flexibility index (Phi) is 12.5. The average molecular weight is 1430 g/mol. The molecule has 0 aliphatic rings. The molecule has 12 aromatic heterocycles. The molecule has 0 amide bonds. The van der Waals surface area contributed by atoms with Crippen LogP contribution >= 0.6 is 0 Å². The van der Waals surface area contributed by atoms with Gasteiger partial charge in [-0.3, -0.25) is 0 Å². The van der Waals surface area contributed by atoms with Gasteiger partial charge < -0.3 is 17.7 Å². The monoisotopic (exact) mass is 1430 g/mol. The van der Waals surface area contributed by atoms with E-state index in [0.717, 1.165) is 110 Å². The van der Waals surface area contributed by atoms with E-state index in [2.05, 4.69) is 26.0 Å². The maximum Gasteiger partial charge on any atom is 0.227 e. The Morgan fingerprint density at radius 2 is 0.611 bits per heavy atom. The van der Waals surface area contributed by atoms with Gasteiger partial charge in [-0.25, -0.2) is 38.2 Å². The first-order valence-electron chi connectivity index (χ1n) is 44.4. The molecule has 0 fully saturated rings. The predicted octanol–water partition coefficient (Wildman–Crippen LogP) is 22.2. The van der Waals surface area contributed by atoms with Crippen LogP contribution in [0.4, 0.5) is 0 Å². The van der Waals surface area contributed by atoms with Crippen molar-refractivity contribution in [2.75, 3.05) is 0 Å². The third-order valence-electron chi connectivity index (χ3n) is 20.5. The molecule has 0 atom stereocenters. The second kappa shape index (κ2) is 26.7. The zero-order valence-electron chi connectivity index (χ0n) is 79.0. The molecule has 108 heavy (non-hydrogen) atoms. The number of para-hydroxylation sites is 4. The van der Waals surface area contributed by atoms with Gasteiger partial charge in [0, 0.05) is 137 Å². The lowest BCUT2D eigenvalue weighted by Crippen LogP contribution is -2.31. The van der Waals surface area contributed by atoms with Crippen LogP contribution in [0.15, 0.2) is 237 Å². The number of benzene rings is 8. The minimum atomic E-state index is -2.35. The lowest BCUT2D eigenvalue weighted by atomic mass is 9.96. The van der Waals surface area contributed by atoms with Crippen molar-refractivity contribution in [1.82, 2.24) is 19.9 Å². The number of aromatic nitrogens is 8. The summed E-state index contributed by atoms with van der Waals surface area (Å²) in [6.45, 7) is -2.35. The fourth-order valence-electron chi connectivity index (χ4n) is 15.3. The van der Waals surface area contributed by atoms with Crippen LogP contribution in [0.3, 0.4) is 0 Å². The zero-order valence-corrected chi connectivity index (χ0v) is 61.0. The maximum absolute atomic E-state index is 8.18. The van der Waals surface area contributed by atoms with Gasteiger partial charge in [-0.05, 0) is 199 Å². The van der Waals surface area contributed by atoms with Gasteiger partial charge in [0.15, 0.2) is 47.1 Å². The summed E-state index contributed by atoms with van der Waals surface area (Å²) in [6.07, 6.45) is 7.15. The van der Waals surface area contributed by atoms with Gasteiger partial charge in [-0.1, -0.05) is 97.1 Å². The minimum Gasteiger partial charge on any atom is -0.437 e. The highest BCUT2D eigenvalue weighted by molar-refractivity contribution is 6.17. The first-order chi connectivity index (χ1) is 59.4. The number of nitrogens with zero attached hydrogens (tertiary/aromatic N) is 8. The molecule has 0 spiro atoms. The van der Waals surface area contributed by atoms with E-state index in [1.807, 2.05) is 222 Å². The maximum atomic E-state index is 8.18. The quantitative estimate of drug-likeness (QED) is 0.160. The highest BCUT2D eigenvalue weighted by Gasteiger charge is 2.29. The summed E-state index contributed by atoms with van der Waals surface area (Å²) in [7, 11) is 7.49. The van der Waals surface area contributed by atoms with Crippen molar-refractivity contribution in [3.05, 3.63) is 286 Å². The summed E-state index contributed by atoms with van der Waals surface area (Å²) < 4.78 is 177. The largest absolute Gasteiger partial charge is 0.437 e. The van der Waals surface area contributed by atoms with Gasteiger partial charge in [0.2, 0.25) is 45.6 Å². The van der Waals surface area contributed by atoms with Crippen molar-refractivity contribution >= 4 is 132 Å². The summed E-state index contributed by atoms with van der Waals surface area (Å²) in [5.41, 5.74) is 19.7. The molecule has 0 aliphatic carbocycles. The van der Waals surface area contributed by atoms with Crippen molar-refractivity contribution < 1.29 is 60.6 Å². The minimum absolute atomic E-state index is 0.205. The zero-order chi connectivity index (χ0) is 89.8. The lowest BCUT2D eigenvalue weighted by molar-refractivity contribution is -0.660. The molecule has 0 aliphatic heterocycles. The van der Waals surface area contributed by atoms with E-state index >= 15 is 0 Å². The summed E-state index contributed by atoms with van der Waals surface area (Å²) in [4.78, 5) is 18.7. The standard InChI is InChI=1S/C25H23N2O.2C24H21N2O.C23H19N2O/c1-14-11-21(27(5)13-17(14)4)23-16(3)10-15(2)22-19-12-18-8-6-7-9-20(18)26-25(19)28-24(22)23;1-14-9-10-20(26(4)13-14)22-16(3)11-15(2)21-18-12-17-7-5-6-8-19(17)25-24(18)27-23(21)22;1-14-9-10-26(4)20(11-14)22-16(3)12-15(2)21-18-13-17-7-5-6-8-19(17)25-24(18)27-23(21)22;1-14-12-15(2)21(19-10-6-7-11-25(19)3)22-20(14)17-13-16-8-4-5-9-18(16)24-23(17)26-22/h6-13H,1-5H3;2*5-13H,1-4H3;4-13H,1-3H3/q4*+1/i2D3,4D3;1D3,2D3;2D3;1D3. The average Bonchev–Trinajstić information content (AvgIpc) is 1.57. The molecule has 0 radical (unpaired) electrons. The fraction of sp³-hybridized carbons (Fsp3) is 0.167. The van der Waals surface area contributed by atoms with Crippen LogP contribution in [-0.4, -0.2) is 19.9 Å². The van der Waals surface area contributed by atoms with E-state index in [1.165, 1.54) is 0 Å². The number of rotatable bonds is 4. The Morgan fingerprint density at radius 1 is 0.269 bits per heavy atom. The summed E-state index contributed by atoms with van der Waals surface area (Å²) in [5, 5.41) is 8.65. The van der Waals surface area contributed by atoms with Crippen molar-refractivity contribution in [2.45, 2.75) is 82.7 Å². The highest BCUT2D eigenvalue weighted by Crippen LogP contribution is 2.45. The number of hydrogen-bond acceptors (Lipinski definition) is 8. The number of aryl methyl sites for hydroxylation is 16. The molecule has 0 bridgehead atoms. The van der Waals surface area contributed by atoms with E-state index < -0.39 is 41.1 Å². The fourth-order valence-corrected chi connectivity index (χ4v) is 15.3. The molecule has 528 valence electrons. The highest BCUT2D eigenvalue weighted by atomic mass is 16.4. The Hall–Kier alpha value is -12.8. The van der Waals surface area contributed by atoms with Crippen LogP contribution in [-0.2, 0) is 28.2 Å². The van der Waals surface area contributed by atoms with Crippen LogP contribution in [0.2, 0.25) is 0 Å². The number of pyridine rings is 8. The molecule has 0 N–H and O–H groups in total. The molecular weight excluding hydrogens is 1330 g/mol. The normalized spacial score (nSPS) is 14.9. The molecular formula is C96H84N8O4+4. The molecule has 0 saturated carbocycles. The van der Waals surface area contributed by atoms with Crippen LogP contribution < -0.4 is 18.3 Å². The third-order valence-corrected chi connectivity index (χ3v) is 20.5. The second-order valence-electron chi connectivity index (χ2n) is 28.0. The van der Waals surface area contributed by atoms with Gasteiger partial charge >= 0.3 is 0 Å². The topological polar surface area (TPSA) is 120 Å². The van der Waals surface area contributed by atoms with Crippen molar-refractivity contribution in [3.8, 4) is 45.0 Å². The summed E-state index contributed by atoms with van der Waals surface area (Å²) in [5.74, 6) is 0. The molecule has 20 aromatic rings.